The van der Waals surface area contributed by atoms with E-state index in [1.165, 1.54) is 0 Å². The smallest absolute Gasteiger partial charge is 0.224 e. The third-order valence-electron chi connectivity index (χ3n) is 4.26. The Balaban J connectivity index is 1.69. The molecule has 0 N–H and O–H groups in total. The quantitative estimate of drug-likeness (QED) is 0.676. The van der Waals surface area contributed by atoms with Gasteiger partial charge in [0.05, 0.1) is 0 Å². The summed E-state index contributed by atoms with van der Waals surface area (Å²) >= 11 is 0. The number of carbonyl (C=O) groups excluding carboxylic acids is 1. The molecule has 0 aliphatic carbocycles. The lowest BCUT2D eigenvalue weighted by Gasteiger charge is -2.15. The number of amides is 1. The van der Waals surface area contributed by atoms with Crippen LogP contribution in [0, 0.1) is 18.3 Å². The highest BCUT2D eigenvalue weighted by Crippen LogP contribution is 2.30. The number of carbonyl (C=O) groups is 1. The van der Waals surface area contributed by atoms with Gasteiger partial charge in [-0.3, -0.25) is 4.79 Å². The summed E-state index contributed by atoms with van der Waals surface area (Å²) in [4.78, 5) is 13.8. The van der Waals surface area contributed by atoms with E-state index in [0.717, 1.165) is 27.5 Å². The molecule has 0 radical (unpaired) electrons. The Morgan fingerprint density at radius 2 is 2.00 bits per heavy atom. The first kappa shape index (κ1) is 13.0. The van der Waals surface area contributed by atoms with Gasteiger partial charge in [0.1, 0.15) is 11.2 Å². The number of hydrogen-bond donors (Lipinski definition) is 0. The molecule has 1 aromatic heterocycles. The first-order chi connectivity index (χ1) is 10.7. The molecule has 108 valence electrons. The number of terminal acetylenes is 1. The molecule has 1 aliphatic heterocycles. The molecule has 1 aliphatic rings. The highest BCUT2D eigenvalue weighted by atomic mass is 16.3. The van der Waals surface area contributed by atoms with Crippen molar-refractivity contribution in [3.8, 4) is 12.3 Å². The van der Waals surface area contributed by atoms with E-state index in [0.29, 0.717) is 19.5 Å². The number of benzene rings is 2. The van der Waals surface area contributed by atoms with Crippen LogP contribution in [0.15, 0.2) is 46.9 Å². The molecule has 1 amide bonds. The Morgan fingerprint density at radius 1 is 1.18 bits per heavy atom. The second-order valence-electron chi connectivity index (χ2n) is 5.77. The summed E-state index contributed by atoms with van der Waals surface area (Å²) in [6, 6.07) is 14.1. The van der Waals surface area contributed by atoms with Crippen LogP contribution >= 0.6 is 0 Å². The standard InChI is InChI=1S/C19H15NO2/c1-2-13-10-19(21)20(11-13)12-14-7-8-18-16(9-14)15-5-3-4-6-17(15)22-18/h1,3-9,13H,10-12H2. The third kappa shape index (κ3) is 2.05. The lowest BCUT2D eigenvalue weighted by atomic mass is 10.1. The van der Waals surface area contributed by atoms with Crippen LogP contribution in [0.5, 0.6) is 0 Å². The molecule has 0 saturated carbocycles. The van der Waals surface area contributed by atoms with Crippen LogP contribution in [0.3, 0.4) is 0 Å². The zero-order valence-electron chi connectivity index (χ0n) is 12.1. The number of likely N-dealkylation sites (tertiary alicyclic amines) is 1. The molecule has 1 atom stereocenters. The molecule has 3 aromatic rings. The molecule has 2 aromatic carbocycles. The largest absolute Gasteiger partial charge is 0.456 e. The lowest BCUT2D eigenvalue weighted by Crippen LogP contribution is -2.24. The summed E-state index contributed by atoms with van der Waals surface area (Å²) in [5.41, 5.74) is 2.86. The van der Waals surface area contributed by atoms with Gasteiger partial charge in [0.2, 0.25) is 5.91 Å². The minimum Gasteiger partial charge on any atom is -0.456 e. The second kappa shape index (κ2) is 4.92. The summed E-state index contributed by atoms with van der Waals surface area (Å²) in [6.45, 7) is 1.26. The van der Waals surface area contributed by atoms with Crippen LogP contribution < -0.4 is 0 Å². The van der Waals surface area contributed by atoms with Gasteiger partial charge in [-0.1, -0.05) is 24.3 Å². The molecule has 0 bridgehead atoms. The average Bonchev–Trinajstić information content (AvgIpc) is 3.08. The molecule has 2 heterocycles. The van der Waals surface area contributed by atoms with Crippen molar-refractivity contribution < 1.29 is 9.21 Å². The van der Waals surface area contributed by atoms with Crippen molar-refractivity contribution in [3.05, 3.63) is 48.0 Å². The van der Waals surface area contributed by atoms with E-state index in [4.69, 9.17) is 10.8 Å². The highest BCUT2D eigenvalue weighted by molar-refractivity contribution is 6.05. The van der Waals surface area contributed by atoms with E-state index < -0.39 is 0 Å². The molecule has 3 nitrogen and oxygen atoms in total. The first-order valence-corrected chi connectivity index (χ1v) is 7.38. The van der Waals surface area contributed by atoms with Crippen LogP contribution in [0.2, 0.25) is 0 Å². The van der Waals surface area contributed by atoms with E-state index in [-0.39, 0.29) is 11.8 Å². The molecular formula is C19H15NO2. The van der Waals surface area contributed by atoms with Crippen LogP contribution in [0.4, 0.5) is 0 Å². The van der Waals surface area contributed by atoms with Gasteiger partial charge < -0.3 is 9.32 Å². The fraction of sp³-hybridized carbons (Fsp3) is 0.211. The first-order valence-electron chi connectivity index (χ1n) is 7.38. The van der Waals surface area contributed by atoms with E-state index in [1.54, 1.807) is 0 Å². The molecule has 1 unspecified atom stereocenters. The van der Waals surface area contributed by atoms with Crippen molar-refractivity contribution in [2.45, 2.75) is 13.0 Å². The maximum atomic E-state index is 12.0. The van der Waals surface area contributed by atoms with Crippen LogP contribution in [-0.2, 0) is 11.3 Å². The predicted octanol–water partition coefficient (Wildman–Crippen LogP) is 3.57. The average molecular weight is 289 g/mol. The van der Waals surface area contributed by atoms with E-state index >= 15 is 0 Å². The number of furan rings is 1. The topological polar surface area (TPSA) is 33.5 Å². The van der Waals surface area contributed by atoms with Crippen LogP contribution in [0.25, 0.3) is 21.9 Å². The van der Waals surface area contributed by atoms with E-state index in [2.05, 4.69) is 18.1 Å². The number of hydrogen-bond acceptors (Lipinski definition) is 2. The fourth-order valence-corrected chi connectivity index (χ4v) is 3.13. The van der Waals surface area contributed by atoms with E-state index in [1.807, 2.05) is 35.2 Å². The summed E-state index contributed by atoms with van der Waals surface area (Å²) in [7, 11) is 0. The number of para-hydroxylation sites is 1. The fourth-order valence-electron chi connectivity index (χ4n) is 3.13. The Labute approximate surface area is 128 Å². The van der Waals surface area contributed by atoms with Crippen molar-refractivity contribution in [1.29, 1.82) is 0 Å². The van der Waals surface area contributed by atoms with Gasteiger partial charge in [-0.2, -0.15) is 0 Å². The van der Waals surface area contributed by atoms with Gasteiger partial charge in [-0.15, -0.1) is 12.3 Å². The van der Waals surface area contributed by atoms with Gasteiger partial charge in [0.15, 0.2) is 0 Å². The number of fused-ring (bicyclic) bond motifs is 3. The van der Waals surface area contributed by atoms with Crippen LogP contribution in [-0.4, -0.2) is 17.4 Å². The maximum Gasteiger partial charge on any atom is 0.224 e. The molecule has 0 spiro atoms. The second-order valence-corrected chi connectivity index (χ2v) is 5.77. The third-order valence-corrected chi connectivity index (χ3v) is 4.26. The Morgan fingerprint density at radius 3 is 2.82 bits per heavy atom. The zero-order valence-corrected chi connectivity index (χ0v) is 12.1. The maximum absolute atomic E-state index is 12.0. The summed E-state index contributed by atoms with van der Waals surface area (Å²) in [5, 5.41) is 2.20. The molecule has 1 fully saturated rings. The Hall–Kier alpha value is -2.73. The number of nitrogens with zero attached hydrogens (tertiary/aromatic N) is 1. The van der Waals surface area contributed by atoms with Crippen molar-refractivity contribution in [2.75, 3.05) is 6.54 Å². The summed E-state index contributed by atoms with van der Waals surface area (Å²) in [5.74, 6) is 2.87. The Bertz CT molecular complexity index is 916. The minimum absolute atomic E-state index is 0.0472. The zero-order chi connectivity index (χ0) is 15.1. The molecule has 1 saturated heterocycles. The van der Waals surface area contributed by atoms with Gasteiger partial charge in [-0.05, 0) is 23.8 Å². The minimum atomic E-state index is 0.0472. The van der Waals surface area contributed by atoms with Crippen molar-refractivity contribution in [1.82, 2.24) is 4.90 Å². The summed E-state index contributed by atoms with van der Waals surface area (Å²) < 4.78 is 5.83. The molecular weight excluding hydrogens is 274 g/mol. The van der Waals surface area contributed by atoms with Gasteiger partial charge in [0.25, 0.3) is 0 Å². The number of rotatable bonds is 2. The van der Waals surface area contributed by atoms with Gasteiger partial charge in [0, 0.05) is 36.2 Å². The van der Waals surface area contributed by atoms with Gasteiger partial charge >= 0.3 is 0 Å². The highest BCUT2D eigenvalue weighted by Gasteiger charge is 2.28. The molecule has 22 heavy (non-hydrogen) atoms. The normalized spacial score (nSPS) is 18.2. The van der Waals surface area contributed by atoms with Crippen molar-refractivity contribution in [3.63, 3.8) is 0 Å². The van der Waals surface area contributed by atoms with E-state index in [9.17, 15) is 4.79 Å². The molecule has 4 rings (SSSR count). The summed E-state index contributed by atoms with van der Waals surface area (Å²) in [6.07, 6.45) is 5.90. The SMILES string of the molecule is C#CC1CC(=O)N(Cc2ccc3oc4ccccc4c3c2)C1. The predicted molar refractivity (Wildman–Crippen MR) is 86.1 cm³/mol. The Kier molecular flexibility index (Phi) is 2.90. The lowest BCUT2D eigenvalue weighted by molar-refractivity contribution is -0.128. The van der Waals surface area contributed by atoms with Crippen molar-refractivity contribution >= 4 is 27.8 Å². The van der Waals surface area contributed by atoms with Crippen LogP contribution in [0.1, 0.15) is 12.0 Å². The van der Waals surface area contributed by atoms with Gasteiger partial charge in [-0.25, -0.2) is 0 Å². The molecule has 3 heteroatoms. The monoisotopic (exact) mass is 289 g/mol. The van der Waals surface area contributed by atoms with Crippen molar-refractivity contribution in [2.24, 2.45) is 5.92 Å².